The van der Waals surface area contributed by atoms with E-state index in [0.29, 0.717) is 5.89 Å². The molecule has 0 aliphatic carbocycles. The molecule has 4 nitrogen and oxygen atoms in total. The van der Waals surface area contributed by atoms with Crippen molar-refractivity contribution in [2.45, 2.75) is 26.2 Å². The summed E-state index contributed by atoms with van der Waals surface area (Å²) in [5, 5.41) is 0. The molecular weight excluding hydrogens is 226 g/mol. The molecule has 2 aromatic heterocycles. The second-order valence-corrected chi connectivity index (χ2v) is 5.58. The van der Waals surface area contributed by atoms with E-state index < -0.39 is 0 Å². The van der Waals surface area contributed by atoms with Gasteiger partial charge in [-0.15, -0.1) is 0 Å². The van der Waals surface area contributed by atoms with Crippen molar-refractivity contribution >= 4 is 5.82 Å². The second kappa shape index (κ2) is 4.44. The van der Waals surface area contributed by atoms with Gasteiger partial charge in [-0.25, -0.2) is 9.97 Å². The fourth-order valence-corrected chi connectivity index (χ4v) is 1.64. The van der Waals surface area contributed by atoms with Gasteiger partial charge in [0.25, 0.3) is 0 Å². The summed E-state index contributed by atoms with van der Waals surface area (Å²) in [4.78, 5) is 10.7. The van der Waals surface area contributed by atoms with E-state index in [4.69, 9.17) is 4.42 Å². The van der Waals surface area contributed by atoms with Gasteiger partial charge in [0, 0.05) is 14.1 Å². The topological polar surface area (TPSA) is 42.2 Å². The van der Waals surface area contributed by atoms with Crippen LogP contribution in [0, 0.1) is 0 Å². The van der Waals surface area contributed by atoms with Crippen LogP contribution in [0.3, 0.4) is 0 Å². The number of aromatic nitrogens is 2. The van der Waals surface area contributed by atoms with Gasteiger partial charge in [0.2, 0.25) is 5.89 Å². The van der Waals surface area contributed by atoms with Gasteiger partial charge in [-0.1, -0.05) is 20.8 Å². The number of oxazole rings is 1. The smallest absolute Gasteiger partial charge is 0.245 e. The van der Waals surface area contributed by atoms with Gasteiger partial charge >= 0.3 is 0 Å². The van der Waals surface area contributed by atoms with E-state index in [2.05, 4.69) is 36.8 Å². The summed E-state index contributed by atoms with van der Waals surface area (Å²) in [6.07, 6.45) is 3.20. The van der Waals surface area contributed by atoms with Crippen LogP contribution in [0.5, 0.6) is 0 Å². The summed E-state index contributed by atoms with van der Waals surface area (Å²) in [6, 6.07) is 4.14. The molecule has 0 aromatic carbocycles. The zero-order valence-electron chi connectivity index (χ0n) is 11.6. The Morgan fingerprint density at radius 3 is 2.39 bits per heavy atom. The summed E-state index contributed by atoms with van der Waals surface area (Å²) in [5.41, 5.74) is 2.06. The lowest BCUT2D eigenvalue weighted by Gasteiger charge is -2.22. The molecule has 0 saturated heterocycles. The highest BCUT2D eigenvalue weighted by molar-refractivity contribution is 5.55. The average Bonchev–Trinajstić information content (AvgIpc) is 2.80. The maximum Gasteiger partial charge on any atom is 0.245 e. The van der Waals surface area contributed by atoms with Crippen LogP contribution in [0.4, 0.5) is 5.82 Å². The molecule has 4 heteroatoms. The summed E-state index contributed by atoms with van der Waals surface area (Å²) in [5.74, 6) is 1.47. The van der Waals surface area contributed by atoms with E-state index in [1.54, 1.807) is 12.5 Å². The molecule has 18 heavy (non-hydrogen) atoms. The van der Waals surface area contributed by atoms with E-state index in [0.717, 1.165) is 11.5 Å². The van der Waals surface area contributed by atoms with Crippen molar-refractivity contribution in [3.8, 4) is 11.6 Å². The van der Waals surface area contributed by atoms with Crippen LogP contribution in [-0.2, 0) is 5.41 Å². The Morgan fingerprint density at radius 2 is 1.89 bits per heavy atom. The van der Waals surface area contributed by atoms with Gasteiger partial charge in [-0.2, -0.15) is 0 Å². The third kappa shape index (κ3) is 2.53. The summed E-state index contributed by atoms with van der Waals surface area (Å²) in [6.45, 7) is 6.54. The summed E-state index contributed by atoms with van der Waals surface area (Å²) in [7, 11) is 3.96. The lowest BCUT2D eigenvalue weighted by molar-refractivity contribution is 0.568. The fourth-order valence-electron chi connectivity index (χ4n) is 1.64. The monoisotopic (exact) mass is 245 g/mol. The summed E-state index contributed by atoms with van der Waals surface area (Å²) < 4.78 is 5.33. The van der Waals surface area contributed by atoms with Crippen molar-refractivity contribution in [2.75, 3.05) is 19.0 Å². The minimum atomic E-state index is 0.0645. The van der Waals surface area contributed by atoms with Gasteiger partial charge in [-0.3, -0.25) is 0 Å². The normalized spacial score (nSPS) is 11.6. The number of rotatable bonds is 2. The predicted molar refractivity (Wildman–Crippen MR) is 72.8 cm³/mol. The first-order valence-corrected chi connectivity index (χ1v) is 5.97. The highest BCUT2D eigenvalue weighted by Gasteiger charge is 2.18. The summed E-state index contributed by atoms with van der Waals surface area (Å²) >= 11 is 0. The predicted octanol–water partition coefficient (Wildman–Crippen LogP) is 3.10. The fraction of sp³-hybridized carbons (Fsp3) is 0.429. The minimum absolute atomic E-state index is 0.0645. The molecule has 96 valence electrons. The molecule has 2 rings (SSSR count). The average molecular weight is 245 g/mol. The van der Waals surface area contributed by atoms with Crippen LogP contribution in [0.25, 0.3) is 11.6 Å². The number of nitrogens with zero attached hydrogens (tertiary/aromatic N) is 3. The Morgan fingerprint density at radius 1 is 1.17 bits per heavy atom. The van der Waals surface area contributed by atoms with E-state index in [1.165, 1.54) is 5.56 Å². The number of hydrogen-bond donors (Lipinski definition) is 0. The van der Waals surface area contributed by atoms with Crippen molar-refractivity contribution in [1.29, 1.82) is 0 Å². The van der Waals surface area contributed by atoms with Crippen molar-refractivity contribution in [2.24, 2.45) is 0 Å². The first-order valence-electron chi connectivity index (χ1n) is 5.97. The van der Waals surface area contributed by atoms with Gasteiger partial charge < -0.3 is 9.32 Å². The van der Waals surface area contributed by atoms with Crippen molar-refractivity contribution < 1.29 is 4.42 Å². The first-order chi connectivity index (χ1) is 8.38. The molecule has 0 amide bonds. The van der Waals surface area contributed by atoms with Gasteiger partial charge in [0.05, 0.1) is 6.20 Å². The lowest BCUT2D eigenvalue weighted by atomic mass is 9.87. The molecule has 0 spiro atoms. The first kappa shape index (κ1) is 12.6. The molecule has 0 saturated carbocycles. The van der Waals surface area contributed by atoms with Crippen molar-refractivity contribution in [3.05, 3.63) is 30.2 Å². The minimum Gasteiger partial charge on any atom is -0.443 e. The van der Waals surface area contributed by atoms with Gasteiger partial charge in [0.1, 0.15) is 17.8 Å². The molecule has 0 N–H and O–H groups in total. The molecule has 0 fully saturated rings. The lowest BCUT2D eigenvalue weighted by Crippen LogP contribution is -2.16. The standard InChI is InChI=1S/C14H19N3O/c1-14(2,3)10-8-11(13-15-6-7-18-13)16-12(9-10)17(4)5/h6-9H,1-5H3. The molecule has 0 atom stereocenters. The third-order valence-corrected chi connectivity index (χ3v) is 2.79. The molecule has 0 bridgehead atoms. The second-order valence-electron chi connectivity index (χ2n) is 5.58. The highest BCUT2D eigenvalue weighted by Crippen LogP contribution is 2.28. The molecule has 0 aliphatic rings. The van der Waals surface area contributed by atoms with E-state index in [9.17, 15) is 0 Å². The van der Waals surface area contributed by atoms with E-state index in [1.807, 2.05) is 25.1 Å². The number of anilines is 1. The maximum atomic E-state index is 5.33. The third-order valence-electron chi connectivity index (χ3n) is 2.79. The largest absolute Gasteiger partial charge is 0.443 e. The van der Waals surface area contributed by atoms with Crippen LogP contribution in [-0.4, -0.2) is 24.1 Å². The zero-order chi connectivity index (χ0) is 13.3. The van der Waals surface area contributed by atoms with E-state index in [-0.39, 0.29) is 5.41 Å². The van der Waals surface area contributed by atoms with Crippen LogP contribution in [0.2, 0.25) is 0 Å². The Hall–Kier alpha value is -1.84. The Balaban J connectivity index is 2.57. The van der Waals surface area contributed by atoms with Crippen LogP contribution in [0.15, 0.2) is 29.0 Å². The quantitative estimate of drug-likeness (QED) is 0.815. The number of pyridine rings is 1. The molecule has 2 heterocycles. The molecule has 0 unspecified atom stereocenters. The van der Waals surface area contributed by atoms with Crippen LogP contribution < -0.4 is 4.90 Å². The van der Waals surface area contributed by atoms with Crippen LogP contribution >= 0.6 is 0 Å². The zero-order valence-corrected chi connectivity index (χ0v) is 11.6. The van der Waals surface area contributed by atoms with Crippen molar-refractivity contribution in [3.63, 3.8) is 0 Å². The van der Waals surface area contributed by atoms with Gasteiger partial charge in [-0.05, 0) is 23.1 Å². The maximum absolute atomic E-state index is 5.33. The molecular formula is C14H19N3O. The highest BCUT2D eigenvalue weighted by atomic mass is 16.3. The molecule has 2 aromatic rings. The molecule has 0 radical (unpaired) electrons. The Labute approximate surface area is 108 Å². The SMILES string of the molecule is CN(C)c1cc(C(C)(C)C)cc(-c2ncco2)n1. The van der Waals surface area contributed by atoms with Gasteiger partial charge in [0.15, 0.2) is 0 Å². The van der Waals surface area contributed by atoms with E-state index >= 15 is 0 Å². The molecule has 0 aliphatic heterocycles. The van der Waals surface area contributed by atoms with Crippen molar-refractivity contribution in [1.82, 2.24) is 9.97 Å². The number of hydrogen-bond acceptors (Lipinski definition) is 4. The van der Waals surface area contributed by atoms with Crippen LogP contribution in [0.1, 0.15) is 26.3 Å². The Kier molecular flexibility index (Phi) is 3.11. The Bertz CT molecular complexity index is 524.